The molecule has 1 aromatic heterocycles. The van der Waals surface area contributed by atoms with E-state index in [0.29, 0.717) is 16.9 Å². The zero-order chi connectivity index (χ0) is 19.4. The Hall–Kier alpha value is -2.34. The van der Waals surface area contributed by atoms with Crippen LogP contribution in [0.2, 0.25) is 5.02 Å². The van der Waals surface area contributed by atoms with Crippen LogP contribution in [0.25, 0.3) is 0 Å². The third-order valence-electron chi connectivity index (χ3n) is 5.24. The van der Waals surface area contributed by atoms with Gasteiger partial charge in [-0.15, -0.1) is 0 Å². The topological polar surface area (TPSA) is 58.6 Å². The number of nitrogens with zero attached hydrogens (tertiary/aromatic N) is 4. The fourth-order valence-corrected chi connectivity index (χ4v) is 3.72. The van der Waals surface area contributed by atoms with Gasteiger partial charge in [-0.3, -0.25) is 4.79 Å². The second-order valence-electron chi connectivity index (χ2n) is 6.81. The first kappa shape index (κ1) is 19.4. The molecule has 1 saturated heterocycles. The van der Waals surface area contributed by atoms with Crippen LogP contribution in [0.5, 0.6) is 5.88 Å². The van der Waals surface area contributed by atoms with Crippen LogP contribution >= 0.6 is 11.6 Å². The van der Waals surface area contributed by atoms with E-state index in [9.17, 15) is 4.79 Å². The fourth-order valence-electron chi connectivity index (χ4n) is 3.43. The molecule has 3 rings (SSSR count). The summed E-state index contributed by atoms with van der Waals surface area (Å²) in [6, 6.07) is 9.34. The molecule has 0 radical (unpaired) electrons. The molecule has 27 heavy (non-hydrogen) atoms. The lowest BCUT2D eigenvalue weighted by Crippen LogP contribution is -2.42. The number of anilines is 1. The van der Waals surface area contributed by atoms with E-state index in [4.69, 9.17) is 16.3 Å². The molecular formula is C20H25ClN4O2. The standard InChI is InChI=1S/C20H25ClN4O2/c1-14(16-6-4-5-7-17(16)21)24(2)19(26)15-9-12-25(13-10-15)20-22-11-8-18(23-20)27-3/h4-8,11,14-15H,9-10,12-13H2,1-3H3. The maximum atomic E-state index is 13.0. The number of methoxy groups -OCH3 is 1. The van der Waals surface area contributed by atoms with Gasteiger partial charge in [0.25, 0.3) is 0 Å². The molecule has 0 bridgehead atoms. The molecule has 1 aromatic carbocycles. The van der Waals surface area contributed by atoms with Gasteiger partial charge in [-0.05, 0) is 31.4 Å². The van der Waals surface area contributed by atoms with Gasteiger partial charge in [-0.1, -0.05) is 29.8 Å². The van der Waals surface area contributed by atoms with Crippen molar-refractivity contribution in [2.45, 2.75) is 25.8 Å². The van der Waals surface area contributed by atoms with Gasteiger partial charge in [0.15, 0.2) is 0 Å². The minimum Gasteiger partial charge on any atom is -0.481 e. The monoisotopic (exact) mass is 388 g/mol. The van der Waals surface area contributed by atoms with E-state index in [2.05, 4.69) is 14.9 Å². The van der Waals surface area contributed by atoms with E-state index >= 15 is 0 Å². The smallest absolute Gasteiger partial charge is 0.228 e. The summed E-state index contributed by atoms with van der Waals surface area (Å²) >= 11 is 6.30. The van der Waals surface area contributed by atoms with Crippen LogP contribution in [0.1, 0.15) is 31.4 Å². The third kappa shape index (κ3) is 4.33. The van der Waals surface area contributed by atoms with E-state index in [0.717, 1.165) is 31.5 Å². The summed E-state index contributed by atoms with van der Waals surface area (Å²) < 4.78 is 5.17. The fraction of sp³-hybridized carbons (Fsp3) is 0.450. The van der Waals surface area contributed by atoms with Crippen molar-refractivity contribution in [1.29, 1.82) is 0 Å². The van der Waals surface area contributed by atoms with E-state index in [-0.39, 0.29) is 17.9 Å². The van der Waals surface area contributed by atoms with Gasteiger partial charge in [0, 0.05) is 43.3 Å². The molecule has 0 N–H and O–H groups in total. The van der Waals surface area contributed by atoms with Crippen LogP contribution < -0.4 is 9.64 Å². The maximum Gasteiger partial charge on any atom is 0.228 e. The van der Waals surface area contributed by atoms with E-state index in [1.807, 2.05) is 43.1 Å². The molecule has 0 spiro atoms. The summed E-state index contributed by atoms with van der Waals surface area (Å²) in [6.07, 6.45) is 3.25. The average Bonchev–Trinajstić information content (AvgIpc) is 2.72. The van der Waals surface area contributed by atoms with Crippen molar-refractivity contribution in [1.82, 2.24) is 14.9 Å². The zero-order valence-electron chi connectivity index (χ0n) is 15.9. The van der Waals surface area contributed by atoms with Crippen molar-refractivity contribution in [3.63, 3.8) is 0 Å². The molecule has 2 aromatic rings. The lowest BCUT2D eigenvalue weighted by atomic mass is 9.94. The number of amides is 1. The van der Waals surface area contributed by atoms with Crippen LogP contribution in [0, 0.1) is 5.92 Å². The lowest BCUT2D eigenvalue weighted by Gasteiger charge is -2.35. The Morgan fingerprint density at radius 1 is 1.30 bits per heavy atom. The van der Waals surface area contributed by atoms with Gasteiger partial charge < -0.3 is 14.5 Å². The van der Waals surface area contributed by atoms with E-state index < -0.39 is 0 Å². The minimum absolute atomic E-state index is 0.00166. The van der Waals surface area contributed by atoms with Gasteiger partial charge in [0.05, 0.1) is 13.2 Å². The summed E-state index contributed by atoms with van der Waals surface area (Å²) in [5.41, 5.74) is 0.970. The average molecular weight is 389 g/mol. The molecule has 2 heterocycles. The summed E-state index contributed by atoms with van der Waals surface area (Å²) in [7, 11) is 3.45. The quantitative estimate of drug-likeness (QED) is 0.783. The number of carbonyl (C=O) groups is 1. The lowest BCUT2D eigenvalue weighted by molar-refractivity contribution is -0.136. The van der Waals surface area contributed by atoms with Gasteiger partial charge >= 0.3 is 0 Å². The van der Waals surface area contributed by atoms with Crippen molar-refractivity contribution >= 4 is 23.5 Å². The molecule has 6 nitrogen and oxygen atoms in total. The number of piperidine rings is 1. The molecule has 7 heteroatoms. The van der Waals surface area contributed by atoms with Crippen molar-refractivity contribution in [3.05, 3.63) is 47.1 Å². The highest BCUT2D eigenvalue weighted by Gasteiger charge is 2.30. The first-order valence-electron chi connectivity index (χ1n) is 9.14. The van der Waals surface area contributed by atoms with Crippen molar-refractivity contribution in [2.24, 2.45) is 5.92 Å². The summed E-state index contributed by atoms with van der Waals surface area (Å²) in [6.45, 7) is 3.51. The number of rotatable bonds is 5. The predicted molar refractivity (Wildman–Crippen MR) is 106 cm³/mol. The summed E-state index contributed by atoms with van der Waals surface area (Å²) in [5.74, 6) is 1.36. The van der Waals surface area contributed by atoms with Crippen LogP contribution in [-0.2, 0) is 4.79 Å². The second kappa shape index (κ2) is 8.57. The third-order valence-corrected chi connectivity index (χ3v) is 5.58. The Labute approximate surface area is 165 Å². The van der Waals surface area contributed by atoms with Crippen LogP contribution in [0.15, 0.2) is 36.5 Å². The van der Waals surface area contributed by atoms with Crippen LogP contribution in [0.4, 0.5) is 5.95 Å². The number of benzene rings is 1. The van der Waals surface area contributed by atoms with Gasteiger partial charge in [0.2, 0.25) is 17.7 Å². The van der Waals surface area contributed by atoms with Crippen LogP contribution in [0.3, 0.4) is 0 Å². The molecule has 1 aliphatic rings. The first-order valence-corrected chi connectivity index (χ1v) is 9.52. The number of aromatic nitrogens is 2. The number of hydrogen-bond donors (Lipinski definition) is 0. The van der Waals surface area contributed by atoms with Gasteiger partial charge in [-0.25, -0.2) is 4.98 Å². The molecule has 0 aliphatic carbocycles. The second-order valence-corrected chi connectivity index (χ2v) is 7.21. The van der Waals surface area contributed by atoms with Crippen LogP contribution in [-0.4, -0.2) is 48.0 Å². The highest BCUT2D eigenvalue weighted by Crippen LogP contribution is 2.29. The van der Waals surface area contributed by atoms with Crippen molar-refractivity contribution in [2.75, 3.05) is 32.1 Å². The molecular weight excluding hydrogens is 364 g/mol. The number of ether oxygens (including phenoxy) is 1. The van der Waals surface area contributed by atoms with Gasteiger partial charge in [0.1, 0.15) is 0 Å². The normalized spacial score (nSPS) is 16.1. The van der Waals surface area contributed by atoms with Crippen molar-refractivity contribution in [3.8, 4) is 5.88 Å². The summed E-state index contributed by atoms with van der Waals surface area (Å²) in [5, 5.41) is 0.689. The van der Waals surface area contributed by atoms with E-state index in [1.54, 1.807) is 19.4 Å². The number of hydrogen-bond acceptors (Lipinski definition) is 5. The molecule has 1 aliphatic heterocycles. The highest BCUT2D eigenvalue weighted by molar-refractivity contribution is 6.31. The zero-order valence-corrected chi connectivity index (χ0v) is 16.7. The number of halogens is 1. The Kier molecular flexibility index (Phi) is 6.16. The summed E-state index contributed by atoms with van der Waals surface area (Å²) in [4.78, 5) is 25.6. The van der Waals surface area contributed by atoms with Crippen molar-refractivity contribution < 1.29 is 9.53 Å². The Morgan fingerprint density at radius 2 is 2.00 bits per heavy atom. The van der Waals surface area contributed by atoms with Gasteiger partial charge in [-0.2, -0.15) is 4.98 Å². The molecule has 144 valence electrons. The maximum absolute atomic E-state index is 13.0. The molecule has 1 unspecified atom stereocenters. The Morgan fingerprint density at radius 3 is 2.67 bits per heavy atom. The highest BCUT2D eigenvalue weighted by atomic mass is 35.5. The SMILES string of the molecule is COc1ccnc(N2CCC(C(=O)N(C)C(C)c3ccccc3Cl)CC2)n1. The largest absolute Gasteiger partial charge is 0.481 e. The molecule has 1 fully saturated rings. The molecule has 1 amide bonds. The van der Waals surface area contributed by atoms with E-state index in [1.165, 1.54) is 0 Å². The first-order chi connectivity index (χ1) is 13.0. The molecule has 0 saturated carbocycles. The number of carbonyl (C=O) groups excluding carboxylic acids is 1. The minimum atomic E-state index is -0.0639. The Bertz CT molecular complexity index is 793. The predicted octanol–water partition coefficient (Wildman–Crippen LogP) is 3.57. The molecule has 1 atom stereocenters. The Balaban J connectivity index is 1.61.